The van der Waals surface area contributed by atoms with E-state index in [2.05, 4.69) is 27.8 Å². The molecule has 3 aromatic rings. The van der Waals surface area contributed by atoms with E-state index in [1.807, 2.05) is 37.3 Å². The van der Waals surface area contributed by atoms with Crippen molar-refractivity contribution in [3.8, 4) is 0 Å². The monoisotopic (exact) mass is 373 g/mol. The number of hydrogen-bond acceptors (Lipinski definition) is 3. The first-order valence-electron chi connectivity index (χ1n) is 9.68. The highest BCUT2D eigenvalue weighted by molar-refractivity contribution is 6.39. The van der Waals surface area contributed by atoms with E-state index >= 15 is 0 Å². The molecule has 2 amide bonds. The molecule has 1 aromatic heterocycles. The fourth-order valence-corrected chi connectivity index (χ4v) is 3.70. The van der Waals surface area contributed by atoms with Crippen LogP contribution in [0.5, 0.6) is 0 Å². The molecule has 2 aromatic carbocycles. The number of carbonyl (C=O) groups excluding carboxylic acids is 2. The van der Waals surface area contributed by atoms with Crippen molar-refractivity contribution in [1.29, 1.82) is 0 Å². The Morgan fingerprint density at radius 2 is 1.75 bits per heavy atom. The molecule has 0 radical (unpaired) electrons. The van der Waals surface area contributed by atoms with Gasteiger partial charge in [-0.25, -0.2) is 0 Å². The van der Waals surface area contributed by atoms with Gasteiger partial charge in [0.25, 0.3) is 0 Å². The lowest BCUT2D eigenvalue weighted by Crippen LogP contribution is -2.37. The minimum atomic E-state index is -0.693. The molecule has 0 spiro atoms. The van der Waals surface area contributed by atoms with Gasteiger partial charge in [0.15, 0.2) is 0 Å². The first-order valence-corrected chi connectivity index (χ1v) is 9.68. The van der Waals surface area contributed by atoms with Gasteiger partial charge >= 0.3 is 11.8 Å². The quantitative estimate of drug-likeness (QED) is 0.684. The summed E-state index contributed by atoms with van der Waals surface area (Å²) in [5.41, 5.74) is 5.12. The van der Waals surface area contributed by atoms with E-state index in [1.165, 1.54) is 24.0 Å². The van der Waals surface area contributed by atoms with Crippen molar-refractivity contribution < 1.29 is 9.59 Å². The van der Waals surface area contributed by atoms with Gasteiger partial charge in [0, 0.05) is 5.39 Å². The molecule has 0 saturated heterocycles. The second kappa shape index (κ2) is 7.80. The van der Waals surface area contributed by atoms with E-state index < -0.39 is 11.8 Å². The van der Waals surface area contributed by atoms with E-state index in [9.17, 15) is 9.59 Å². The highest BCUT2D eigenvalue weighted by Gasteiger charge is 2.19. The van der Waals surface area contributed by atoms with Crippen LogP contribution in [0.15, 0.2) is 54.7 Å². The zero-order valence-corrected chi connectivity index (χ0v) is 15.9. The maximum absolute atomic E-state index is 12.3. The lowest BCUT2D eigenvalue weighted by Gasteiger charge is -2.20. The molecule has 1 aliphatic rings. The lowest BCUT2D eigenvalue weighted by molar-refractivity contribution is -0.136. The van der Waals surface area contributed by atoms with E-state index in [-0.39, 0.29) is 6.04 Å². The van der Waals surface area contributed by atoms with Gasteiger partial charge in [-0.3, -0.25) is 14.6 Å². The van der Waals surface area contributed by atoms with Crippen LogP contribution in [0.2, 0.25) is 0 Å². The molecule has 1 heterocycles. The Labute approximate surface area is 164 Å². The number of para-hydroxylation sites is 1. The number of aryl methyl sites for hydroxylation is 2. The van der Waals surface area contributed by atoms with Crippen LogP contribution in [-0.4, -0.2) is 16.8 Å². The van der Waals surface area contributed by atoms with Gasteiger partial charge in [0.2, 0.25) is 0 Å². The summed E-state index contributed by atoms with van der Waals surface area (Å²) in [6, 6.07) is 15.5. The predicted octanol–water partition coefficient (Wildman–Crippen LogP) is 3.93. The summed E-state index contributed by atoms with van der Waals surface area (Å²) in [6.07, 6.45) is 6.21. The van der Waals surface area contributed by atoms with Crippen LogP contribution in [0.3, 0.4) is 0 Å². The Morgan fingerprint density at radius 3 is 2.61 bits per heavy atom. The number of benzene rings is 2. The standard InChI is InChI=1S/C23H23N3O2/c1-15(17-11-10-16-6-2-3-7-18(16)12-17)25-22(27)23(28)26-20-13-19-8-4-5-9-21(19)24-14-20/h4-5,8-15H,2-3,6-7H2,1H3,(H,25,27)(H,26,28)/t15-/m1/s1. The Morgan fingerprint density at radius 1 is 0.964 bits per heavy atom. The van der Waals surface area contributed by atoms with E-state index in [0.717, 1.165) is 29.3 Å². The van der Waals surface area contributed by atoms with E-state index in [0.29, 0.717) is 5.69 Å². The highest BCUT2D eigenvalue weighted by atomic mass is 16.2. The minimum Gasteiger partial charge on any atom is -0.341 e. The average Bonchev–Trinajstić information content (AvgIpc) is 2.73. The molecule has 0 aliphatic heterocycles. The van der Waals surface area contributed by atoms with Crippen molar-refractivity contribution in [3.63, 3.8) is 0 Å². The Bertz CT molecular complexity index is 1040. The van der Waals surface area contributed by atoms with Crippen LogP contribution < -0.4 is 10.6 Å². The fourth-order valence-electron chi connectivity index (χ4n) is 3.70. The number of fused-ring (bicyclic) bond motifs is 2. The largest absolute Gasteiger partial charge is 0.341 e. The number of rotatable bonds is 3. The summed E-state index contributed by atoms with van der Waals surface area (Å²) < 4.78 is 0. The van der Waals surface area contributed by atoms with Crippen LogP contribution in [0, 0.1) is 0 Å². The molecule has 0 unspecified atom stereocenters. The van der Waals surface area contributed by atoms with Crippen molar-refractivity contribution in [2.45, 2.75) is 38.6 Å². The van der Waals surface area contributed by atoms with Crippen LogP contribution in [0.25, 0.3) is 10.9 Å². The molecule has 0 saturated carbocycles. The first-order chi connectivity index (χ1) is 13.6. The molecule has 2 N–H and O–H groups in total. The van der Waals surface area contributed by atoms with Crippen LogP contribution in [0.1, 0.15) is 42.5 Å². The first kappa shape index (κ1) is 18.2. The SMILES string of the molecule is C[C@@H](NC(=O)C(=O)Nc1cnc2ccccc2c1)c1ccc2c(c1)CCCC2. The Kier molecular flexibility index (Phi) is 5.06. The van der Waals surface area contributed by atoms with Crippen LogP contribution in [0.4, 0.5) is 5.69 Å². The zero-order valence-electron chi connectivity index (χ0n) is 15.9. The molecule has 142 valence electrons. The number of amides is 2. The number of pyridine rings is 1. The van der Waals surface area contributed by atoms with Crippen LogP contribution in [-0.2, 0) is 22.4 Å². The number of carbonyl (C=O) groups is 2. The number of hydrogen-bond donors (Lipinski definition) is 2. The predicted molar refractivity (Wildman–Crippen MR) is 110 cm³/mol. The molecule has 5 nitrogen and oxygen atoms in total. The van der Waals surface area contributed by atoms with E-state index in [1.54, 1.807) is 12.3 Å². The minimum absolute atomic E-state index is 0.236. The Balaban J connectivity index is 1.41. The summed E-state index contributed by atoms with van der Waals surface area (Å²) >= 11 is 0. The Hall–Kier alpha value is -3.21. The number of nitrogens with zero attached hydrogens (tertiary/aromatic N) is 1. The van der Waals surface area contributed by atoms with Crippen molar-refractivity contribution in [1.82, 2.24) is 10.3 Å². The molecule has 5 heteroatoms. The molecule has 1 atom stereocenters. The van der Waals surface area contributed by atoms with Crippen molar-refractivity contribution >= 4 is 28.4 Å². The van der Waals surface area contributed by atoms with Crippen LogP contribution >= 0.6 is 0 Å². The topological polar surface area (TPSA) is 71.1 Å². The smallest absolute Gasteiger partial charge is 0.313 e. The molecule has 0 fully saturated rings. The van der Waals surface area contributed by atoms with Crippen molar-refractivity contribution in [3.05, 3.63) is 71.4 Å². The van der Waals surface area contributed by atoms with Gasteiger partial charge in [0.1, 0.15) is 0 Å². The summed E-state index contributed by atoms with van der Waals surface area (Å²) in [4.78, 5) is 28.9. The van der Waals surface area contributed by atoms with Gasteiger partial charge in [0.05, 0.1) is 23.4 Å². The molecule has 1 aliphatic carbocycles. The maximum Gasteiger partial charge on any atom is 0.313 e. The third kappa shape index (κ3) is 3.88. The lowest BCUT2D eigenvalue weighted by atomic mass is 9.89. The van der Waals surface area contributed by atoms with Gasteiger partial charge in [-0.1, -0.05) is 36.4 Å². The van der Waals surface area contributed by atoms with Gasteiger partial charge in [-0.2, -0.15) is 0 Å². The molecule has 0 bridgehead atoms. The molecular formula is C23H23N3O2. The number of aromatic nitrogens is 1. The fraction of sp³-hybridized carbons (Fsp3) is 0.261. The number of nitrogens with one attached hydrogen (secondary N) is 2. The van der Waals surface area contributed by atoms with Crippen molar-refractivity contribution in [2.24, 2.45) is 0 Å². The molecule has 28 heavy (non-hydrogen) atoms. The van der Waals surface area contributed by atoms with Gasteiger partial charge < -0.3 is 10.6 Å². The normalized spacial score (nSPS) is 14.2. The molecule has 4 rings (SSSR count). The summed E-state index contributed by atoms with van der Waals surface area (Å²) in [5, 5.41) is 6.32. The van der Waals surface area contributed by atoms with Crippen molar-refractivity contribution in [2.75, 3.05) is 5.32 Å². The summed E-state index contributed by atoms with van der Waals surface area (Å²) in [5.74, 6) is -1.35. The molecular weight excluding hydrogens is 350 g/mol. The summed E-state index contributed by atoms with van der Waals surface area (Å²) in [6.45, 7) is 1.90. The zero-order chi connectivity index (χ0) is 19.5. The third-order valence-corrected chi connectivity index (χ3v) is 5.27. The average molecular weight is 373 g/mol. The highest BCUT2D eigenvalue weighted by Crippen LogP contribution is 2.24. The van der Waals surface area contributed by atoms with Gasteiger partial charge in [-0.15, -0.1) is 0 Å². The summed E-state index contributed by atoms with van der Waals surface area (Å²) in [7, 11) is 0. The van der Waals surface area contributed by atoms with Gasteiger partial charge in [-0.05, 0) is 61.4 Å². The second-order valence-electron chi connectivity index (χ2n) is 7.30. The maximum atomic E-state index is 12.3. The number of anilines is 1. The second-order valence-corrected chi connectivity index (χ2v) is 7.30. The van der Waals surface area contributed by atoms with E-state index in [4.69, 9.17) is 0 Å². The third-order valence-electron chi connectivity index (χ3n) is 5.27.